The van der Waals surface area contributed by atoms with Gasteiger partial charge in [0.25, 0.3) is 0 Å². The van der Waals surface area contributed by atoms with Crippen LogP contribution in [0, 0.1) is 10.5 Å². The topological polar surface area (TPSA) is 20.2 Å². The van der Waals surface area contributed by atoms with Crippen molar-refractivity contribution in [1.29, 1.82) is 0 Å². The molecule has 84 valence electrons. The number of rotatable bonds is 2. The largest absolute Gasteiger partial charge is 0.380 e. The zero-order valence-electron chi connectivity index (χ0n) is 9.20. The second-order valence-corrected chi connectivity index (χ2v) is 6.52. The maximum Gasteiger partial charge on any atom is 0.121 e. The molecule has 0 saturated carbocycles. The average Bonchev–Trinajstić information content (AvgIpc) is 2.66. The van der Waals surface area contributed by atoms with Crippen LogP contribution in [0.4, 0.5) is 0 Å². The van der Waals surface area contributed by atoms with E-state index in [2.05, 4.69) is 29.5 Å². The summed E-state index contributed by atoms with van der Waals surface area (Å²) in [6.45, 7) is 3.90. The normalized spacial score (nSPS) is 14.8. The fourth-order valence-electron chi connectivity index (χ4n) is 1.61. The molecule has 16 heavy (non-hydrogen) atoms. The number of aliphatic hydroxyl groups is 1. The predicted octanol–water partition coefficient (Wildman–Crippen LogP) is 3.92. The molecular formula is C13H13IOS. The Morgan fingerprint density at radius 2 is 1.75 bits per heavy atom. The molecule has 1 N–H and O–H groups in total. The van der Waals surface area contributed by atoms with E-state index in [1.807, 2.05) is 43.3 Å². The SMILES string of the molecule is Cc1ccc(C(C)(O)c2ccc(I)cc2)s1. The van der Waals surface area contributed by atoms with Gasteiger partial charge in [-0.05, 0) is 66.3 Å². The summed E-state index contributed by atoms with van der Waals surface area (Å²) in [7, 11) is 0. The third kappa shape index (κ3) is 2.31. The summed E-state index contributed by atoms with van der Waals surface area (Å²) >= 11 is 3.91. The Labute approximate surface area is 113 Å². The van der Waals surface area contributed by atoms with Crippen LogP contribution in [0.5, 0.6) is 0 Å². The van der Waals surface area contributed by atoms with Crippen molar-refractivity contribution in [2.75, 3.05) is 0 Å². The lowest BCUT2D eigenvalue weighted by molar-refractivity contribution is 0.106. The number of thiophene rings is 1. The first kappa shape index (κ1) is 12.1. The summed E-state index contributed by atoms with van der Waals surface area (Å²) in [6, 6.07) is 12.0. The smallest absolute Gasteiger partial charge is 0.121 e. The fraction of sp³-hybridized carbons (Fsp3) is 0.231. The molecule has 0 radical (unpaired) electrons. The molecule has 0 fully saturated rings. The molecular weight excluding hydrogens is 331 g/mol. The minimum atomic E-state index is -0.886. The van der Waals surface area contributed by atoms with Crippen LogP contribution in [0.1, 0.15) is 22.2 Å². The van der Waals surface area contributed by atoms with Gasteiger partial charge in [0.15, 0.2) is 0 Å². The van der Waals surface area contributed by atoms with Crippen molar-refractivity contribution >= 4 is 33.9 Å². The Hall–Kier alpha value is -0.390. The molecule has 0 aliphatic rings. The molecule has 2 aromatic rings. The molecule has 1 heterocycles. The van der Waals surface area contributed by atoms with Crippen molar-refractivity contribution in [3.05, 3.63) is 55.3 Å². The van der Waals surface area contributed by atoms with Gasteiger partial charge in [0.2, 0.25) is 0 Å². The Morgan fingerprint density at radius 3 is 2.25 bits per heavy atom. The van der Waals surface area contributed by atoms with E-state index in [1.165, 1.54) is 8.45 Å². The molecule has 0 saturated heterocycles. The van der Waals surface area contributed by atoms with Gasteiger partial charge >= 0.3 is 0 Å². The van der Waals surface area contributed by atoms with Crippen molar-refractivity contribution in [3.8, 4) is 0 Å². The summed E-state index contributed by atoms with van der Waals surface area (Å²) in [5.74, 6) is 0. The highest BCUT2D eigenvalue weighted by Gasteiger charge is 2.26. The molecule has 0 aliphatic carbocycles. The van der Waals surface area contributed by atoms with E-state index in [0.29, 0.717) is 0 Å². The van der Waals surface area contributed by atoms with Crippen LogP contribution in [0.25, 0.3) is 0 Å². The Morgan fingerprint density at radius 1 is 1.12 bits per heavy atom. The minimum absolute atomic E-state index is 0.886. The standard InChI is InChI=1S/C13H13IOS/c1-9-3-8-12(16-9)13(2,15)10-4-6-11(14)7-5-10/h3-8,15H,1-2H3. The summed E-state index contributed by atoms with van der Waals surface area (Å²) < 4.78 is 1.18. The number of hydrogen-bond acceptors (Lipinski definition) is 2. The molecule has 2 rings (SSSR count). The van der Waals surface area contributed by atoms with Crippen LogP contribution < -0.4 is 0 Å². The maximum atomic E-state index is 10.6. The lowest BCUT2D eigenvalue weighted by Gasteiger charge is -2.22. The van der Waals surface area contributed by atoms with Gasteiger partial charge in [0.1, 0.15) is 5.60 Å². The minimum Gasteiger partial charge on any atom is -0.380 e. The van der Waals surface area contributed by atoms with Crippen molar-refractivity contribution in [3.63, 3.8) is 0 Å². The third-order valence-corrected chi connectivity index (χ3v) is 4.56. The van der Waals surface area contributed by atoms with E-state index in [1.54, 1.807) is 11.3 Å². The first-order valence-corrected chi connectivity index (χ1v) is 6.95. The second-order valence-electron chi connectivity index (χ2n) is 3.99. The van der Waals surface area contributed by atoms with Crippen molar-refractivity contribution in [1.82, 2.24) is 0 Å². The van der Waals surface area contributed by atoms with Crippen LogP contribution in [0.2, 0.25) is 0 Å². The van der Waals surface area contributed by atoms with E-state index in [0.717, 1.165) is 10.4 Å². The molecule has 1 aromatic heterocycles. The van der Waals surface area contributed by atoms with Crippen LogP contribution in [0.15, 0.2) is 36.4 Å². The highest BCUT2D eigenvalue weighted by Crippen LogP contribution is 2.33. The predicted molar refractivity (Wildman–Crippen MR) is 76.9 cm³/mol. The average molecular weight is 344 g/mol. The lowest BCUT2D eigenvalue weighted by atomic mass is 9.94. The van der Waals surface area contributed by atoms with E-state index >= 15 is 0 Å². The first-order chi connectivity index (χ1) is 7.50. The number of aryl methyl sites for hydroxylation is 1. The van der Waals surface area contributed by atoms with Crippen LogP contribution >= 0.6 is 33.9 Å². The van der Waals surface area contributed by atoms with Gasteiger partial charge in [-0.1, -0.05) is 12.1 Å². The molecule has 0 amide bonds. The Balaban J connectivity index is 2.42. The van der Waals surface area contributed by atoms with Gasteiger partial charge in [-0.25, -0.2) is 0 Å². The van der Waals surface area contributed by atoms with Gasteiger partial charge in [-0.2, -0.15) is 0 Å². The van der Waals surface area contributed by atoms with Gasteiger partial charge in [-0.15, -0.1) is 11.3 Å². The molecule has 0 bridgehead atoms. The fourth-order valence-corrected chi connectivity index (χ4v) is 2.91. The van der Waals surface area contributed by atoms with Gasteiger partial charge in [0, 0.05) is 13.3 Å². The molecule has 1 unspecified atom stereocenters. The summed E-state index contributed by atoms with van der Waals surface area (Å²) in [5, 5.41) is 10.6. The molecule has 1 aromatic carbocycles. The third-order valence-electron chi connectivity index (χ3n) is 2.63. The monoisotopic (exact) mass is 344 g/mol. The number of hydrogen-bond donors (Lipinski definition) is 1. The van der Waals surface area contributed by atoms with Gasteiger partial charge < -0.3 is 5.11 Å². The van der Waals surface area contributed by atoms with Crippen molar-refractivity contribution in [2.45, 2.75) is 19.4 Å². The highest BCUT2D eigenvalue weighted by molar-refractivity contribution is 14.1. The Kier molecular flexibility index (Phi) is 3.37. The molecule has 1 nitrogen and oxygen atoms in total. The number of benzene rings is 1. The summed E-state index contributed by atoms with van der Waals surface area (Å²) in [4.78, 5) is 2.21. The van der Waals surface area contributed by atoms with Crippen molar-refractivity contribution in [2.24, 2.45) is 0 Å². The van der Waals surface area contributed by atoms with E-state index in [9.17, 15) is 5.11 Å². The molecule has 0 aliphatic heterocycles. The maximum absolute atomic E-state index is 10.6. The quantitative estimate of drug-likeness (QED) is 0.819. The van der Waals surface area contributed by atoms with Gasteiger partial charge in [0.05, 0.1) is 0 Å². The zero-order valence-corrected chi connectivity index (χ0v) is 12.2. The summed E-state index contributed by atoms with van der Waals surface area (Å²) in [6.07, 6.45) is 0. The molecule has 3 heteroatoms. The van der Waals surface area contributed by atoms with Gasteiger partial charge in [-0.3, -0.25) is 0 Å². The lowest BCUT2D eigenvalue weighted by Crippen LogP contribution is -2.21. The molecule has 0 spiro atoms. The van der Waals surface area contributed by atoms with E-state index in [4.69, 9.17) is 0 Å². The van der Waals surface area contributed by atoms with E-state index in [-0.39, 0.29) is 0 Å². The van der Waals surface area contributed by atoms with Crippen LogP contribution in [-0.2, 0) is 5.60 Å². The first-order valence-electron chi connectivity index (χ1n) is 5.05. The second kappa shape index (κ2) is 4.47. The number of halogens is 1. The van der Waals surface area contributed by atoms with Crippen molar-refractivity contribution < 1.29 is 5.11 Å². The highest BCUT2D eigenvalue weighted by atomic mass is 127. The van der Waals surface area contributed by atoms with Crippen LogP contribution in [0.3, 0.4) is 0 Å². The van der Waals surface area contributed by atoms with E-state index < -0.39 is 5.60 Å². The zero-order chi connectivity index (χ0) is 11.8. The van der Waals surface area contributed by atoms with Crippen LogP contribution in [-0.4, -0.2) is 5.11 Å². The Bertz CT molecular complexity index is 485. The summed E-state index contributed by atoms with van der Waals surface area (Å²) in [5.41, 5.74) is 0.0540. The molecule has 1 atom stereocenters.